The van der Waals surface area contributed by atoms with Crippen molar-refractivity contribution in [3.05, 3.63) is 35.9 Å². The molecule has 1 aliphatic rings. The molecular weight excluding hydrogens is 284 g/mol. The molecule has 1 amide bonds. The largest absolute Gasteiger partial charge is 0.472 e. The summed E-state index contributed by atoms with van der Waals surface area (Å²) in [7, 11) is 0. The van der Waals surface area contributed by atoms with E-state index >= 15 is 0 Å². The molecule has 1 N–H and O–H groups in total. The Morgan fingerprint density at radius 1 is 1.41 bits per heavy atom. The van der Waals surface area contributed by atoms with Crippen LogP contribution in [0.5, 0.6) is 0 Å². The maximum Gasteiger partial charge on any atom is 0.254 e. The maximum atomic E-state index is 11.8. The van der Waals surface area contributed by atoms with E-state index in [4.69, 9.17) is 8.83 Å². The molecule has 2 aromatic heterocycles. The quantitative estimate of drug-likeness (QED) is 0.903. The highest BCUT2D eigenvalue weighted by Gasteiger charge is 2.21. The molecule has 0 aromatic carbocycles. The highest BCUT2D eigenvalue weighted by Crippen LogP contribution is 2.18. The third-order valence-electron chi connectivity index (χ3n) is 3.97. The lowest BCUT2D eigenvalue weighted by Crippen LogP contribution is -2.38. The summed E-state index contributed by atoms with van der Waals surface area (Å²) in [5.41, 5.74) is 0.573. The van der Waals surface area contributed by atoms with E-state index in [1.54, 1.807) is 13.0 Å². The van der Waals surface area contributed by atoms with Crippen molar-refractivity contribution in [2.24, 2.45) is 5.92 Å². The second-order valence-electron chi connectivity index (χ2n) is 5.66. The molecule has 0 spiro atoms. The average molecular weight is 304 g/mol. The maximum absolute atomic E-state index is 11.8. The van der Waals surface area contributed by atoms with Gasteiger partial charge < -0.3 is 14.2 Å². The van der Waals surface area contributed by atoms with E-state index in [-0.39, 0.29) is 5.91 Å². The van der Waals surface area contributed by atoms with E-state index in [2.05, 4.69) is 20.4 Å². The lowest BCUT2D eigenvalue weighted by Gasteiger charge is -2.30. The molecule has 22 heavy (non-hydrogen) atoms. The first-order valence-electron chi connectivity index (χ1n) is 7.52. The Kier molecular flexibility index (Phi) is 4.53. The lowest BCUT2D eigenvalue weighted by molar-refractivity contribution is 0.0933. The van der Waals surface area contributed by atoms with E-state index in [0.717, 1.165) is 25.9 Å². The summed E-state index contributed by atoms with van der Waals surface area (Å²) in [6.45, 7) is 5.17. The molecule has 7 heteroatoms. The number of piperidine rings is 1. The summed E-state index contributed by atoms with van der Waals surface area (Å²) in [5, 5.41) is 10.8. The molecule has 3 heterocycles. The Bertz CT molecular complexity index is 600. The van der Waals surface area contributed by atoms with Crippen molar-refractivity contribution in [3.8, 4) is 0 Å². The third-order valence-corrected chi connectivity index (χ3v) is 3.97. The number of hydrogen-bond acceptors (Lipinski definition) is 6. The summed E-state index contributed by atoms with van der Waals surface area (Å²) >= 11 is 0. The highest BCUT2D eigenvalue weighted by molar-refractivity contribution is 5.93. The van der Waals surface area contributed by atoms with E-state index in [0.29, 0.717) is 36.4 Å². The van der Waals surface area contributed by atoms with Crippen molar-refractivity contribution < 1.29 is 13.6 Å². The number of nitrogens with zero attached hydrogens (tertiary/aromatic N) is 3. The standard InChI is InChI=1S/C15H20N4O3/c1-11-17-18-14(22-11)9-19-5-2-12(3-6-19)8-16-15(20)13-4-7-21-10-13/h4,7,10,12H,2-3,5-6,8-9H2,1H3,(H,16,20). The monoisotopic (exact) mass is 304 g/mol. The normalized spacial score (nSPS) is 16.8. The van der Waals surface area contributed by atoms with Crippen molar-refractivity contribution in [2.45, 2.75) is 26.3 Å². The van der Waals surface area contributed by atoms with Gasteiger partial charge in [-0.25, -0.2) is 0 Å². The number of carbonyl (C=O) groups excluding carboxylic acids is 1. The molecule has 3 rings (SSSR count). The molecule has 1 saturated heterocycles. The fourth-order valence-corrected chi connectivity index (χ4v) is 2.67. The molecule has 1 aliphatic heterocycles. The number of nitrogens with one attached hydrogen (secondary N) is 1. The summed E-state index contributed by atoms with van der Waals surface area (Å²) in [6, 6.07) is 1.67. The van der Waals surface area contributed by atoms with Gasteiger partial charge in [0.05, 0.1) is 18.4 Å². The number of aromatic nitrogens is 2. The SMILES string of the molecule is Cc1nnc(CN2CCC(CNC(=O)c3ccoc3)CC2)o1. The second kappa shape index (κ2) is 6.74. The predicted molar refractivity (Wildman–Crippen MR) is 78.1 cm³/mol. The molecule has 7 nitrogen and oxygen atoms in total. The van der Waals surface area contributed by atoms with Gasteiger partial charge in [-0.1, -0.05) is 0 Å². The van der Waals surface area contributed by atoms with Crippen LogP contribution in [-0.4, -0.2) is 40.6 Å². The molecular formula is C15H20N4O3. The lowest BCUT2D eigenvalue weighted by atomic mass is 9.96. The zero-order chi connectivity index (χ0) is 15.4. The number of aryl methyl sites for hydroxylation is 1. The van der Waals surface area contributed by atoms with E-state index in [9.17, 15) is 4.79 Å². The number of likely N-dealkylation sites (tertiary alicyclic amines) is 1. The van der Waals surface area contributed by atoms with Gasteiger partial charge in [0, 0.05) is 13.5 Å². The zero-order valence-electron chi connectivity index (χ0n) is 12.6. The summed E-state index contributed by atoms with van der Waals surface area (Å²) in [6.07, 6.45) is 5.08. The van der Waals surface area contributed by atoms with Gasteiger partial charge in [0.1, 0.15) is 6.26 Å². The van der Waals surface area contributed by atoms with Crippen LogP contribution < -0.4 is 5.32 Å². The molecule has 2 aromatic rings. The van der Waals surface area contributed by atoms with Crippen LogP contribution in [-0.2, 0) is 6.54 Å². The topological polar surface area (TPSA) is 84.4 Å². The third kappa shape index (κ3) is 3.73. The van der Waals surface area contributed by atoms with Crippen LogP contribution in [0.4, 0.5) is 0 Å². The molecule has 0 aliphatic carbocycles. The highest BCUT2D eigenvalue weighted by atomic mass is 16.4. The minimum absolute atomic E-state index is 0.0717. The first kappa shape index (κ1) is 14.8. The fourth-order valence-electron chi connectivity index (χ4n) is 2.67. The van der Waals surface area contributed by atoms with Gasteiger partial charge in [0.25, 0.3) is 5.91 Å². The van der Waals surface area contributed by atoms with E-state index < -0.39 is 0 Å². The van der Waals surface area contributed by atoms with E-state index in [1.165, 1.54) is 12.5 Å². The zero-order valence-corrected chi connectivity index (χ0v) is 12.6. The van der Waals surface area contributed by atoms with Gasteiger partial charge >= 0.3 is 0 Å². The van der Waals surface area contributed by atoms with Crippen LogP contribution in [0, 0.1) is 12.8 Å². The van der Waals surface area contributed by atoms with Gasteiger partial charge in [-0.2, -0.15) is 0 Å². The first-order valence-corrected chi connectivity index (χ1v) is 7.52. The molecule has 0 atom stereocenters. The minimum atomic E-state index is -0.0717. The molecule has 0 unspecified atom stereocenters. The van der Waals surface area contributed by atoms with Gasteiger partial charge in [-0.05, 0) is 37.9 Å². The number of carbonyl (C=O) groups is 1. The summed E-state index contributed by atoms with van der Waals surface area (Å²) < 4.78 is 10.3. The smallest absolute Gasteiger partial charge is 0.254 e. The van der Waals surface area contributed by atoms with Crippen LogP contribution >= 0.6 is 0 Å². The Morgan fingerprint density at radius 2 is 2.23 bits per heavy atom. The second-order valence-corrected chi connectivity index (χ2v) is 5.66. The van der Waals surface area contributed by atoms with Crippen LogP contribution in [0.2, 0.25) is 0 Å². The molecule has 118 valence electrons. The fraction of sp³-hybridized carbons (Fsp3) is 0.533. The Balaban J connectivity index is 1.39. The average Bonchev–Trinajstić information content (AvgIpc) is 3.18. The molecule has 0 bridgehead atoms. The number of amides is 1. The van der Waals surface area contributed by atoms with Crippen LogP contribution in [0.25, 0.3) is 0 Å². The van der Waals surface area contributed by atoms with Crippen molar-refractivity contribution in [3.63, 3.8) is 0 Å². The Morgan fingerprint density at radius 3 is 2.86 bits per heavy atom. The molecule has 0 saturated carbocycles. The Labute approximate surface area is 128 Å². The number of furan rings is 1. The van der Waals surface area contributed by atoms with Crippen molar-refractivity contribution in [1.29, 1.82) is 0 Å². The van der Waals surface area contributed by atoms with Gasteiger partial charge in [-0.15, -0.1) is 10.2 Å². The van der Waals surface area contributed by atoms with Crippen LogP contribution in [0.3, 0.4) is 0 Å². The number of hydrogen-bond donors (Lipinski definition) is 1. The summed E-state index contributed by atoms with van der Waals surface area (Å²) in [5.74, 6) is 1.71. The predicted octanol–water partition coefficient (Wildman–Crippen LogP) is 1.61. The van der Waals surface area contributed by atoms with Crippen molar-refractivity contribution in [1.82, 2.24) is 20.4 Å². The number of rotatable bonds is 5. The van der Waals surface area contributed by atoms with Gasteiger partial charge in [0.2, 0.25) is 11.8 Å². The minimum Gasteiger partial charge on any atom is -0.472 e. The summed E-state index contributed by atoms with van der Waals surface area (Å²) in [4.78, 5) is 14.2. The van der Waals surface area contributed by atoms with Gasteiger partial charge in [0.15, 0.2) is 0 Å². The molecule has 0 radical (unpaired) electrons. The van der Waals surface area contributed by atoms with Gasteiger partial charge in [-0.3, -0.25) is 9.69 Å². The van der Waals surface area contributed by atoms with Crippen molar-refractivity contribution >= 4 is 5.91 Å². The van der Waals surface area contributed by atoms with Crippen molar-refractivity contribution in [2.75, 3.05) is 19.6 Å². The van der Waals surface area contributed by atoms with Crippen LogP contribution in [0.15, 0.2) is 27.4 Å². The van der Waals surface area contributed by atoms with Crippen LogP contribution in [0.1, 0.15) is 35.0 Å². The Hall–Kier alpha value is -2.15. The molecule has 1 fully saturated rings. The first-order chi connectivity index (χ1) is 10.7. The van der Waals surface area contributed by atoms with E-state index in [1.807, 2.05) is 0 Å².